The molecule has 0 spiro atoms. The number of carboxylic acid groups (broad SMARTS) is 1. The van der Waals surface area contributed by atoms with Gasteiger partial charge in [-0.2, -0.15) is 0 Å². The second-order valence-corrected chi connectivity index (χ2v) is 5.69. The third-order valence-corrected chi connectivity index (χ3v) is 4.38. The third kappa shape index (κ3) is 1.91. The molecule has 1 aliphatic heterocycles. The summed E-state index contributed by atoms with van der Waals surface area (Å²) in [6.07, 6.45) is 0. The van der Waals surface area contributed by atoms with Crippen molar-refractivity contribution in [1.82, 2.24) is 0 Å². The van der Waals surface area contributed by atoms with Crippen molar-refractivity contribution in [2.45, 2.75) is 26.2 Å². The van der Waals surface area contributed by atoms with E-state index in [1.54, 1.807) is 21.0 Å². The van der Waals surface area contributed by atoms with Gasteiger partial charge in [-0.25, -0.2) is 0 Å². The first-order chi connectivity index (χ1) is 8.85. The SMILES string of the molecule is COc1ccc(C2(C(C)(C)C(=O)O)COC2)cc1C. The Balaban J connectivity index is 2.48. The lowest BCUT2D eigenvalue weighted by Crippen LogP contribution is -2.59. The lowest BCUT2D eigenvalue weighted by atomic mass is 9.60. The van der Waals surface area contributed by atoms with E-state index in [-0.39, 0.29) is 0 Å². The Bertz CT molecular complexity index is 501. The normalized spacial score (nSPS) is 17.7. The molecule has 0 aromatic heterocycles. The highest BCUT2D eigenvalue weighted by Crippen LogP contribution is 2.48. The van der Waals surface area contributed by atoms with Gasteiger partial charge in [-0.15, -0.1) is 0 Å². The topological polar surface area (TPSA) is 55.8 Å². The van der Waals surface area contributed by atoms with E-state index in [9.17, 15) is 9.90 Å². The zero-order chi connectivity index (χ0) is 14.3. The van der Waals surface area contributed by atoms with E-state index in [1.807, 2.05) is 25.1 Å². The summed E-state index contributed by atoms with van der Waals surface area (Å²) in [7, 11) is 1.63. The molecule has 0 bridgehead atoms. The van der Waals surface area contributed by atoms with Gasteiger partial charge in [0.25, 0.3) is 0 Å². The smallest absolute Gasteiger partial charge is 0.310 e. The molecule has 2 rings (SSSR count). The average Bonchev–Trinajstić information content (AvgIpc) is 2.27. The van der Waals surface area contributed by atoms with Gasteiger partial charge in [0.1, 0.15) is 5.75 Å². The molecule has 0 amide bonds. The molecule has 4 nitrogen and oxygen atoms in total. The van der Waals surface area contributed by atoms with Crippen LogP contribution in [-0.2, 0) is 14.9 Å². The summed E-state index contributed by atoms with van der Waals surface area (Å²) in [6, 6.07) is 5.84. The molecule has 0 aliphatic carbocycles. The molecule has 1 N–H and O–H groups in total. The Morgan fingerprint density at radius 1 is 1.42 bits per heavy atom. The van der Waals surface area contributed by atoms with Crippen LogP contribution in [0.4, 0.5) is 0 Å². The highest BCUT2D eigenvalue weighted by Gasteiger charge is 2.56. The number of ether oxygens (including phenoxy) is 2. The molecule has 0 radical (unpaired) electrons. The Hall–Kier alpha value is -1.55. The van der Waals surface area contributed by atoms with Crippen LogP contribution in [0.3, 0.4) is 0 Å². The first kappa shape index (κ1) is 13.9. The molecule has 1 fully saturated rings. The van der Waals surface area contributed by atoms with Crippen molar-refractivity contribution >= 4 is 5.97 Å². The molecule has 0 saturated carbocycles. The van der Waals surface area contributed by atoms with E-state index in [0.29, 0.717) is 13.2 Å². The first-order valence-corrected chi connectivity index (χ1v) is 6.31. The van der Waals surface area contributed by atoms with Crippen LogP contribution in [-0.4, -0.2) is 31.4 Å². The number of carbonyl (C=O) groups is 1. The Morgan fingerprint density at radius 3 is 2.42 bits per heavy atom. The number of carboxylic acids is 1. The lowest BCUT2D eigenvalue weighted by molar-refractivity contribution is -0.171. The van der Waals surface area contributed by atoms with Gasteiger partial charge in [-0.05, 0) is 38.0 Å². The summed E-state index contributed by atoms with van der Waals surface area (Å²) in [5, 5.41) is 9.49. The molecule has 1 aromatic rings. The van der Waals surface area contributed by atoms with E-state index in [0.717, 1.165) is 16.9 Å². The summed E-state index contributed by atoms with van der Waals surface area (Å²) in [5.74, 6) is 0.0107. The number of methoxy groups -OCH3 is 1. The quantitative estimate of drug-likeness (QED) is 0.907. The van der Waals surface area contributed by atoms with Crippen LogP contribution in [0.2, 0.25) is 0 Å². The minimum atomic E-state index is -0.869. The molecule has 1 aliphatic rings. The largest absolute Gasteiger partial charge is 0.496 e. The summed E-state index contributed by atoms with van der Waals surface area (Å²) in [5.41, 5.74) is 0.680. The fourth-order valence-corrected chi connectivity index (χ4v) is 2.58. The van der Waals surface area contributed by atoms with Gasteiger partial charge in [0.15, 0.2) is 0 Å². The van der Waals surface area contributed by atoms with Crippen molar-refractivity contribution in [1.29, 1.82) is 0 Å². The van der Waals surface area contributed by atoms with Crippen molar-refractivity contribution < 1.29 is 19.4 Å². The van der Waals surface area contributed by atoms with Crippen LogP contribution < -0.4 is 4.74 Å². The summed E-state index contributed by atoms with van der Waals surface area (Å²) in [6.45, 7) is 6.37. The molecule has 0 unspecified atom stereocenters. The zero-order valence-electron chi connectivity index (χ0n) is 11.8. The summed E-state index contributed by atoms with van der Waals surface area (Å²) < 4.78 is 10.6. The van der Waals surface area contributed by atoms with Gasteiger partial charge in [0.2, 0.25) is 0 Å². The monoisotopic (exact) mass is 264 g/mol. The molecule has 0 atom stereocenters. The maximum Gasteiger partial charge on any atom is 0.310 e. The van der Waals surface area contributed by atoms with E-state index in [4.69, 9.17) is 9.47 Å². The first-order valence-electron chi connectivity index (χ1n) is 6.31. The van der Waals surface area contributed by atoms with E-state index in [2.05, 4.69) is 0 Å². The predicted octanol–water partition coefficient (Wildman–Crippen LogP) is 2.38. The van der Waals surface area contributed by atoms with Gasteiger partial charge in [-0.3, -0.25) is 4.79 Å². The second-order valence-electron chi connectivity index (χ2n) is 5.69. The minimum Gasteiger partial charge on any atom is -0.496 e. The van der Waals surface area contributed by atoms with Crippen molar-refractivity contribution in [3.8, 4) is 5.75 Å². The van der Waals surface area contributed by atoms with Crippen molar-refractivity contribution in [2.75, 3.05) is 20.3 Å². The second kappa shape index (κ2) is 4.53. The summed E-state index contributed by atoms with van der Waals surface area (Å²) >= 11 is 0. The standard InChI is InChI=1S/C15H20O4/c1-10-7-11(5-6-12(10)18-4)15(8-19-9-15)14(2,3)13(16)17/h5-7H,8-9H2,1-4H3,(H,16,17). The Labute approximate surface area is 113 Å². The highest BCUT2D eigenvalue weighted by molar-refractivity contribution is 5.77. The maximum atomic E-state index is 11.6. The van der Waals surface area contributed by atoms with Crippen LogP contribution in [0.5, 0.6) is 5.75 Å². The van der Waals surface area contributed by atoms with Gasteiger partial charge in [0.05, 0.1) is 31.2 Å². The van der Waals surface area contributed by atoms with Crippen LogP contribution in [0.1, 0.15) is 25.0 Å². The maximum absolute atomic E-state index is 11.6. The van der Waals surface area contributed by atoms with Crippen LogP contribution in [0.15, 0.2) is 18.2 Å². The number of hydrogen-bond acceptors (Lipinski definition) is 3. The number of aryl methyl sites for hydroxylation is 1. The van der Waals surface area contributed by atoms with Gasteiger partial charge < -0.3 is 14.6 Å². The average molecular weight is 264 g/mol. The fourth-order valence-electron chi connectivity index (χ4n) is 2.58. The Kier molecular flexibility index (Phi) is 3.31. The molecular formula is C15H20O4. The number of benzene rings is 1. The van der Waals surface area contributed by atoms with Crippen molar-refractivity contribution in [3.05, 3.63) is 29.3 Å². The van der Waals surface area contributed by atoms with Crippen LogP contribution in [0.25, 0.3) is 0 Å². The van der Waals surface area contributed by atoms with Gasteiger partial charge in [-0.1, -0.05) is 12.1 Å². The van der Waals surface area contributed by atoms with E-state index >= 15 is 0 Å². The van der Waals surface area contributed by atoms with E-state index in [1.165, 1.54) is 0 Å². The fraction of sp³-hybridized carbons (Fsp3) is 0.533. The number of rotatable bonds is 4. The molecule has 4 heteroatoms. The number of aliphatic carboxylic acids is 1. The minimum absolute atomic E-state index is 0.443. The molecule has 1 saturated heterocycles. The van der Waals surface area contributed by atoms with Crippen LogP contribution in [0, 0.1) is 12.3 Å². The van der Waals surface area contributed by atoms with Gasteiger partial charge in [0, 0.05) is 0 Å². The van der Waals surface area contributed by atoms with E-state index < -0.39 is 16.8 Å². The molecule has 1 aromatic carbocycles. The summed E-state index contributed by atoms with van der Waals surface area (Å²) in [4.78, 5) is 11.6. The molecule has 19 heavy (non-hydrogen) atoms. The number of hydrogen-bond donors (Lipinski definition) is 1. The lowest BCUT2D eigenvalue weighted by Gasteiger charge is -2.50. The van der Waals surface area contributed by atoms with Crippen molar-refractivity contribution in [2.24, 2.45) is 5.41 Å². The van der Waals surface area contributed by atoms with Gasteiger partial charge >= 0.3 is 5.97 Å². The third-order valence-electron chi connectivity index (χ3n) is 4.38. The Morgan fingerprint density at radius 2 is 2.05 bits per heavy atom. The zero-order valence-corrected chi connectivity index (χ0v) is 11.8. The molecular weight excluding hydrogens is 244 g/mol. The predicted molar refractivity (Wildman–Crippen MR) is 71.6 cm³/mol. The molecule has 1 heterocycles. The molecule has 104 valence electrons. The van der Waals surface area contributed by atoms with Crippen molar-refractivity contribution in [3.63, 3.8) is 0 Å². The highest BCUT2D eigenvalue weighted by atomic mass is 16.5. The van der Waals surface area contributed by atoms with Crippen LogP contribution >= 0.6 is 0 Å².